The van der Waals surface area contributed by atoms with Crippen molar-refractivity contribution in [2.75, 3.05) is 0 Å². The maximum Gasteiger partial charge on any atom is 0.308 e. The molecule has 0 unspecified atom stereocenters. The van der Waals surface area contributed by atoms with Crippen LogP contribution < -0.4 is 0 Å². The summed E-state index contributed by atoms with van der Waals surface area (Å²) in [4.78, 5) is 9.28. The van der Waals surface area contributed by atoms with Crippen LogP contribution in [0.15, 0.2) is 6.20 Å². The molecule has 0 aliphatic rings. The van der Waals surface area contributed by atoms with E-state index in [0.29, 0.717) is 0 Å². The monoisotopic (exact) mass is 129 g/mol. The molecule has 0 aliphatic carbocycles. The van der Waals surface area contributed by atoms with Gasteiger partial charge in [-0.2, -0.15) is 4.37 Å². The number of nitrogens with zero attached hydrogens (tertiary/aromatic N) is 2. The van der Waals surface area contributed by atoms with E-state index in [1.165, 1.54) is 6.20 Å². The van der Waals surface area contributed by atoms with Gasteiger partial charge in [0.15, 0.2) is 5.38 Å². The minimum atomic E-state index is -0.524. The Morgan fingerprint density at radius 2 is 2.75 bits per heavy atom. The second kappa shape index (κ2) is 1.87. The number of rotatable bonds is 1. The molecule has 5 heteroatoms. The fourth-order valence-corrected chi connectivity index (χ4v) is 0.686. The SMILES string of the molecule is O=[N+]([O-])c1[c]snc1. The van der Waals surface area contributed by atoms with Crippen LogP contribution >= 0.6 is 11.5 Å². The van der Waals surface area contributed by atoms with Gasteiger partial charge >= 0.3 is 5.69 Å². The minimum Gasteiger partial charge on any atom is -0.258 e. The lowest BCUT2D eigenvalue weighted by Crippen LogP contribution is -1.82. The minimum absolute atomic E-state index is 0.0602. The molecule has 0 saturated carbocycles. The van der Waals surface area contributed by atoms with Gasteiger partial charge in [0.25, 0.3) is 0 Å². The number of hydrogen-bond acceptors (Lipinski definition) is 4. The van der Waals surface area contributed by atoms with Crippen LogP contribution in [0.4, 0.5) is 5.69 Å². The summed E-state index contributed by atoms with van der Waals surface area (Å²) in [7, 11) is 0. The Kier molecular flexibility index (Phi) is 1.21. The summed E-state index contributed by atoms with van der Waals surface area (Å²) < 4.78 is 3.49. The first-order chi connectivity index (χ1) is 3.80. The van der Waals surface area contributed by atoms with Gasteiger partial charge in [0, 0.05) is 0 Å². The van der Waals surface area contributed by atoms with Crippen LogP contribution in [-0.2, 0) is 0 Å². The molecule has 8 heavy (non-hydrogen) atoms. The lowest BCUT2D eigenvalue weighted by atomic mass is 10.6. The van der Waals surface area contributed by atoms with Gasteiger partial charge in [-0.3, -0.25) is 10.1 Å². The highest BCUT2D eigenvalue weighted by Gasteiger charge is 2.03. The Balaban J connectivity index is 2.93. The molecule has 1 aromatic rings. The Morgan fingerprint density at radius 1 is 2.00 bits per heavy atom. The van der Waals surface area contributed by atoms with Crippen molar-refractivity contribution < 1.29 is 4.92 Å². The van der Waals surface area contributed by atoms with E-state index >= 15 is 0 Å². The Morgan fingerprint density at radius 3 is 3.00 bits per heavy atom. The van der Waals surface area contributed by atoms with Crippen molar-refractivity contribution in [3.05, 3.63) is 21.7 Å². The third-order valence-corrected chi connectivity index (χ3v) is 1.09. The first-order valence-corrected chi connectivity index (χ1v) is 2.55. The number of hydrogen-bond donors (Lipinski definition) is 0. The van der Waals surface area contributed by atoms with Crippen molar-refractivity contribution in [3.63, 3.8) is 0 Å². The highest BCUT2D eigenvalue weighted by Crippen LogP contribution is 2.08. The molecule has 41 valence electrons. The fourth-order valence-electron chi connectivity index (χ4n) is 0.260. The molecule has 0 bridgehead atoms. The average molecular weight is 129 g/mol. The first-order valence-electron chi connectivity index (χ1n) is 1.77. The molecule has 0 saturated heterocycles. The summed E-state index contributed by atoms with van der Waals surface area (Å²) in [6.45, 7) is 0. The molecule has 0 aliphatic heterocycles. The van der Waals surface area contributed by atoms with E-state index in [2.05, 4.69) is 9.75 Å². The van der Waals surface area contributed by atoms with Crippen molar-refractivity contribution in [3.8, 4) is 0 Å². The molecular weight excluding hydrogens is 128 g/mol. The van der Waals surface area contributed by atoms with Crippen molar-refractivity contribution in [2.45, 2.75) is 0 Å². The number of aromatic nitrogens is 1. The van der Waals surface area contributed by atoms with Gasteiger partial charge in [-0.05, 0) is 11.5 Å². The summed E-state index contributed by atoms with van der Waals surface area (Å²) in [5, 5.41) is 12.2. The van der Waals surface area contributed by atoms with Gasteiger partial charge in [-0.25, -0.2) is 0 Å². The van der Waals surface area contributed by atoms with E-state index in [-0.39, 0.29) is 5.69 Å². The smallest absolute Gasteiger partial charge is 0.258 e. The Hall–Kier alpha value is -0.970. The quantitative estimate of drug-likeness (QED) is 0.417. The Bertz CT molecular complexity index is 183. The second-order valence-corrected chi connectivity index (χ2v) is 1.67. The molecule has 1 radical (unpaired) electrons. The molecule has 1 aromatic heterocycles. The summed E-state index contributed by atoms with van der Waals surface area (Å²) in [6.07, 6.45) is 1.17. The van der Waals surface area contributed by atoms with Gasteiger partial charge < -0.3 is 0 Å². The molecule has 0 N–H and O–H groups in total. The van der Waals surface area contributed by atoms with Crippen LogP contribution in [0.5, 0.6) is 0 Å². The van der Waals surface area contributed by atoms with Crippen molar-refractivity contribution in [2.24, 2.45) is 0 Å². The van der Waals surface area contributed by atoms with E-state index in [1.54, 1.807) is 0 Å². The van der Waals surface area contributed by atoms with Crippen LogP contribution in [0.1, 0.15) is 0 Å². The lowest BCUT2D eigenvalue weighted by molar-refractivity contribution is -0.384. The molecule has 0 amide bonds. The van der Waals surface area contributed by atoms with Crippen molar-refractivity contribution in [1.82, 2.24) is 4.37 Å². The van der Waals surface area contributed by atoms with Crippen LogP contribution in [-0.4, -0.2) is 9.30 Å². The molecule has 0 aromatic carbocycles. The highest BCUT2D eigenvalue weighted by atomic mass is 32.1. The zero-order valence-corrected chi connectivity index (χ0v) is 4.51. The van der Waals surface area contributed by atoms with Crippen molar-refractivity contribution >= 4 is 17.2 Å². The van der Waals surface area contributed by atoms with Crippen LogP contribution in [0.2, 0.25) is 0 Å². The molecule has 0 spiro atoms. The first kappa shape index (κ1) is 5.17. The predicted molar refractivity (Wildman–Crippen MR) is 27.6 cm³/mol. The van der Waals surface area contributed by atoms with Gasteiger partial charge in [-0.1, -0.05) is 0 Å². The molecule has 0 fully saturated rings. The van der Waals surface area contributed by atoms with Crippen LogP contribution in [0.3, 0.4) is 0 Å². The van der Waals surface area contributed by atoms with Crippen molar-refractivity contribution in [1.29, 1.82) is 0 Å². The molecule has 1 rings (SSSR count). The summed E-state index contributed by atoms with van der Waals surface area (Å²) in [6, 6.07) is 0. The van der Waals surface area contributed by atoms with Gasteiger partial charge in [0.05, 0.1) is 4.92 Å². The standard InChI is InChI=1S/C3HN2O2S/c6-5(7)3-1-4-8-2-3/h1H. The third-order valence-electron chi connectivity index (χ3n) is 0.575. The predicted octanol–water partition coefficient (Wildman–Crippen LogP) is 0.851. The Labute approximate surface area is 49.1 Å². The largest absolute Gasteiger partial charge is 0.308 e. The van der Waals surface area contributed by atoms with E-state index < -0.39 is 4.92 Å². The van der Waals surface area contributed by atoms with E-state index in [0.717, 1.165) is 11.5 Å². The zero-order valence-electron chi connectivity index (χ0n) is 3.70. The van der Waals surface area contributed by atoms with E-state index in [1.807, 2.05) is 0 Å². The maximum atomic E-state index is 9.80. The maximum absolute atomic E-state index is 9.80. The second-order valence-electron chi connectivity index (χ2n) is 1.07. The summed E-state index contributed by atoms with van der Waals surface area (Å²) in [5.41, 5.74) is -0.0602. The fraction of sp³-hybridized carbons (Fsp3) is 0. The summed E-state index contributed by atoms with van der Waals surface area (Å²) >= 11 is 0.951. The third kappa shape index (κ3) is 0.812. The van der Waals surface area contributed by atoms with E-state index in [4.69, 9.17) is 0 Å². The topological polar surface area (TPSA) is 56.0 Å². The van der Waals surface area contributed by atoms with Crippen LogP contribution in [0.25, 0.3) is 0 Å². The highest BCUT2D eigenvalue weighted by molar-refractivity contribution is 7.03. The zero-order chi connectivity index (χ0) is 5.98. The number of nitro groups is 1. The molecule has 0 atom stereocenters. The molecule has 4 nitrogen and oxygen atoms in total. The summed E-state index contributed by atoms with van der Waals surface area (Å²) in [5.74, 6) is 0. The van der Waals surface area contributed by atoms with Gasteiger partial charge in [0.1, 0.15) is 6.20 Å². The van der Waals surface area contributed by atoms with Crippen LogP contribution in [0, 0.1) is 15.5 Å². The van der Waals surface area contributed by atoms with Gasteiger partial charge in [0.2, 0.25) is 0 Å². The lowest BCUT2D eigenvalue weighted by Gasteiger charge is -1.75. The van der Waals surface area contributed by atoms with E-state index in [9.17, 15) is 10.1 Å². The van der Waals surface area contributed by atoms with Gasteiger partial charge in [-0.15, -0.1) is 0 Å². The molecular formula is C3HN2O2S. The normalized spacial score (nSPS) is 9.00. The average Bonchev–Trinajstić information content (AvgIpc) is 2.12. The molecule has 1 heterocycles.